The third-order valence-corrected chi connectivity index (χ3v) is 4.48. The summed E-state index contributed by atoms with van der Waals surface area (Å²) in [6, 6.07) is 13.7. The molecule has 0 aliphatic carbocycles. The first-order chi connectivity index (χ1) is 13.0. The number of nitrogens with zero attached hydrogens (tertiary/aromatic N) is 3. The molecule has 2 aromatic carbocycles. The largest absolute Gasteiger partial charge is 0.381 e. The van der Waals surface area contributed by atoms with Crippen molar-refractivity contribution in [3.05, 3.63) is 70.2 Å². The third-order valence-electron chi connectivity index (χ3n) is 4.48. The summed E-state index contributed by atoms with van der Waals surface area (Å²) in [5.74, 6) is 0.109. The number of amides is 1. The summed E-state index contributed by atoms with van der Waals surface area (Å²) in [6.07, 6.45) is 1.52. The molecule has 3 aromatic rings. The Balaban J connectivity index is 0.00000280. The van der Waals surface area contributed by atoms with E-state index in [4.69, 9.17) is 5.73 Å². The Morgan fingerprint density at radius 1 is 1.29 bits per heavy atom. The lowest BCUT2D eigenvalue weighted by atomic mass is 10.0. The van der Waals surface area contributed by atoms with Crippen molar-refractivity contribution in [2.45, 2.75) is 25.9 Å². The molecule has 1 atom stereocenters. The molecule has 148 valence electrons. The van der Waals surface area contributed by atoms with Crippen LogP contribution in [0.5, 0.6) is 0 Å². The standard InChI is InChI=1S/C19H21N5O3.ClH/c1-13-21-18(24(26)27)12-23(13)9-8-19(25)22-17(11-20)16-7-6-14-4-2-3-5-15(14)10-16;/h2-7,10,12,17H,8-9,11,20H2,1H3,(H,22,25);1H. The zero-order valence-electron chi connectivity index (χ0n) is 15.4. The molecule has 3 rings (SSSR count). The Kier molecular flexibility index (Phi) is 7.08. The topological polar surface area (TPSA) is 116 Å². The van der Waals surface area contributed by atoms with Crippen molar-refractivity contribution in [1.82, 2.24) is 14.9 Å². The highest BCUT2D eigenvalue weighted by Crippen LogP contribution is 2.20. The number of fused-ring (bicyclic) bond motifs is 1. The van der Waals surface area contributed by atoms with E-state index < -0.39 is 4.92 Å². The minimum absolute atomic E-state index is 0. The van der Waals surface area contributed by atoms with Gasteiger partial charge < -0.3 is 25.7 Å². The number of rotatable bonds is 7. The van der Waals surface area contributed by atoms with Crippen molar-refractivity contribution >= 4 is 34.9 Å². The maximum absolute atomic E-state index is 12.3. The summed E-state index contributed by atoms with van der Waals surface area (Å²) in [4.78, 5) is 26.4. The fourth-order valence-electron chi connectivity index (χ4n) is 3.00. The molecule has 0 aliphatic rings. The van der Waals surface area contributed by atoms with Gasteiger partial charge >= 0.3 is 5.82 Å². The Morgan fingerprint density at radius 2 is 2.00 bits per heavy atom. The van der Waals surface area contributed by atoms with Crippen molar-refractivity contribution in [1.29, 1.82) is 0 Å². The summed E-state index contributed by atoms with van der Waals surface area (Å²) in [5.41, 5.74) is 6.80. The van der Waals surface area contributed by atoms with Gasteiger partial charge in [0.1, 0.15) is 6.20 Å². The molecular weight excluding hydrogens is 382 g/mol. The average molecular weight is 404 g/mol. The highest BCUT2D eigenvalue weighted by Gasteiger charge is 2.17. The molecule has 1 amide bonds. The second kappa shape index (κ2) is 9.29. The Hall–Kier alpha value is -2.97. The van der Waals surface area contributed by atoms with Gasteiger partial charge in [0, 0.05) is 26.4 Å². The van der Waals surface area contributed by atoms with Gasteiger partial charge in [0.15, 0.2) is 0 Å². The lowest BCUT2D eigenvalue weighted by molar-refractivity contribution is -0.389. The van der Waals surface area contributed by atoms with Crippen LogP contribution in [0.2, 0.25) is 0 Å². The Labute approximate surface area is 168 Å². The Morgan fingerprint density at radius 3 is 2.64 bits per heavy atom. The highest BCUT2D eigenvalue weighted by atomic mass is 35.5. The number of carbonyl (C=O) groups excluding carboxylic acids is 1. The van der Waals surface area contributed by atoms with E-state index in [-0.39, 0.29) is 43.1 Å². The molecule has 0 saturated carbocycles. The normalized spacial score (nSPS) is 11.6. The minimum Gasteiger partial charge on any atom is -0.358 e. The Bertz CT molecular complexity index is 989. The predicted octanol–water partition coefficient (Wildman–Crippen LogP) is 2.88. The fraction of sp³-hybridized carbons (Fsp3) is 0.263. The maximum atomic E-state index is 12.3. The fourth-order valence-corrected chi connectivity index (χ4v) is 3.00. The first-order valence-corrected chi connectivity index (χ1v) is 8.64. The number of nitrogens with one attached hydrogen (secondary N) is 1. The van der Waals surface area contributed by atoms with E-state index >= 15 is 0 Å². The van der Waals surface area contributed by atoms with Gasteiger partial charge in [0.2, 0.25) is 11.7 Å². The number of imidazole rings is 1. The highest BCUT2D eigenvalue weighted by molar-refractivity contribution is 5.85. The number of aryl methyl sites for hydroxylation is 2. The van der Waals surface area contributed by atoms with E-state index in [9.17, 15) is 14.9 Å². The first kappa shape index (κ1) is 21.3. The molecule has 3 N–H and O–H groups in total. The van der Waals surface area contributed by atoms with Crippen LogP contribution in [-0.4, -0.2) is 26.9 Å². The van der Waals surface area contributed by atoms with Crippen molar-refractivity contribution in [3.8, 4) is 0 Å². The molecule has 9 heteroatoms. The monoisotopic (exact) mass is 403 g/mol. The SMILES string of the molecule is Cc1nc([N+](=O)[O-])cn1CCC(=O)NC(CN)c1ccc2ccccc2c1.Cl. The van der Waals surface area contributed by atoms with E-state index in [1.807, 2.05) is 42.5 Å². The lowest BCUT2D eigenvalue weighted by Crippen LogP contribution is -2.33. The summed E-state index contributed by atoms with van der Waals surface area (Å²) >= 11 is 0. The number of aromatic nitrogens is 2. The molecule has 1 heterocycles. The van der Waals surface area contributed by atoms with Crippen LogP contribution >= 0.6 is 12.4 Å². The number of nitrogens with two attached hydrogens (primary N) is 1. The van der Waals surface area contributed by atoms with Gasteiger partial charge in [-0.15, -0.1) is 12.4 Å². The number of benzene rings is 2. The van der Waals surface area contributed by atoms with Crippen LogP contribution < -0.4 is 11.1 Å². The number of nitro groups is 1. The third kappa shape index (κ3) is 4.85. The van der Waals surface area contributed by atoms with Gasteiger partial charge in [-0.3, -0.25) is 4.79 Å². The molecular formula is C19H22ClN5O3. The molecule has 1 unspecified atom stereocenters. The van der Waals surface area contributed by atoms with Gasteiger partial charge in [-0.2, -0.15) is 0 Å². The summed E-state index contributed by atoms with van der Waals surface area (Å²) in [5, 5.41) is 15.9. The van der Waals surface area contributed by atoms with Crippen LogP contribution in [-0.2, 0) is 11.3 Å². The van der Waals surface area contributed by atoms with Gasteiger partial charge in [-0.25, -0.2) is 0 Å². The van der Waals surface area contributed by atoms with E-state index in [2.05, 4.69) is 10.3 Å². The predicted molar refractivity (Wildman–Crippen MR) is 109 cm³/mol. The number of hydrogen-bond donors (Lipinski definition) is 2. The van der Waals surface area contributed by atoms with Crippen LogP contribution in [0.15, 0.2) is 48.7 Å². The molecule has 8 nitrogen and oxygen atoms in total. The summed E-state index contributed by atoms with van der Waals surface area (Å²) < 4.78 is 1.60. The lowest BCUT2D eigenvalue weighted by Gasteiger charge is -2.18. The molecule has 28 heavy (non-hydrogen) atoms. The van der Waals surface area contributed by atoms with E-state index in [0.29, 0.717) is 12.4 Å². The van der Waals surface area contributed by atoms with Crippen LogP contribution in [0.3, 0.4) is 0 Å². The van der Waals surface area contributed by atoms with Crippen molar-refractivity contribution in [2.24, 2.45) is 5.73 Å². The van der Waals surface area contributed by atoms with Crippen LogP contribution in [0.1, 0.15) is 23.9 Å². The van der Waals surface area contributed by atoms with Gasteiger partial charge in [0.25, 0.3) is 0 Å². The van der Waals surface area contributed by atoms with Gasteiger partial charge in [-0.1, -0.05) is 36.4 Å². The number of hydrogen-bond acceptors (Lipinski definition) is 5. The van der Waals surface area contributed by atoms with Gasteiger partial charge in [0.05, 0.1) is 6.04 Å². The van der Waals surface area contributed by atoms with E-state index in [1.165, 1.54) is 6.20 Å². The summed E-state index contributed by atoms with van der Waals surface area (Å²) in [7, 11) is 0. The minimum atomic E-state index is -0.548. The maximum Gasteiger partial charge on any atom is 0.381 e. The zero-order chi connectivity index (χ0) is 19.4. The number of carbonyl (C=O) groups is 1. The van der Waals surface area contributed by atoms with Crippen LogP contribution in [0.4, 0.5) is 5.82 Å². The second-order valence-electron chi connectivity index (χ2n) is 6.31. The van der Waals surface area contributed by atoms with Crippen molar-refractivity contribution in [2.75, 3.05) is 6.54 Å². The van der Waals surface area contributed by atoms with Crippen molar-refractivity contribution in [3.63, 3.8) is 0 Å². The van der Waals surface area contributed by atoms with E-state index in [0.717, 1.165) is 16.3 Å². The smallest absolute Gasteiger partial charge is 0.358 e. The van der Waals surface area contributed by atoms with Crippen LogP contribution in [0.25, 0.3) is 10.8 Å². The number of halogens is 1. The average Bonchev–Trinajstić information content (AvgIpc) is 3.05. The first-order valence-electron chi connectivity index (χ1n) is 8.64. The molecule has 1 aromatic heterocycles. The second-order valence-corrected chi connectivity index (χ2v) is 6.31. The molecule has 0 bridgehead atoms. The van der Waals surface area contributed by atoms with Crippen LogP contribution in [0, 0.1) is 17.0 Å². The molecule has 0 radical (unpaired) electrons. The molecule has 0 spiro atoms. The molecule has 0 aliphatic heterocycles. The van der Waals surface area contributed by atoms with Crippen molar-refractivity contribution < 1.29 is 9.72 Å². The van der Waals surface area contributed by atoms with Gasteiger partial charge in [-0.05, 0) is 32.3 Å². The molecule has 0 fully saturated rings. The summed E-state index contributed by atoms with van der Waals surface area (Å²) in [6.45, 7) is 2.26. The quantitative estimate of drug-likeness (QED) is 0.464. The van der Waals surface area contributed by atoms with E-state index in [1.54, 1.807) is 11.5 Å². The molecule has 0 saturated heterocycles. The zero-order valence-corrected chi connectivity index (χ0v) is 16.2.